The molecule has 51 heavy (non-hydrogen) atoms. The molecule has 0 amide bonds. The molecule has 8 aromatic carbocycles. The average molecular weight is 666 g/mol. The predicted octanol–water partition coefficient (Wildman–Crippen LogP) is 12.9. The lowest BCUT2D eigenvalue weighted by atomic mass is 9.95. The van der Waals surface area contributed by atoms with Gasteiger partial charge in [0.05, 0.1) is 0 Å². The molecule has 0 unspecified atom stereocenters. The van der Waals surface area contributed by atoms with Crippen LogP contribution in [0.2, 0.25) is 0 Å². The van der Waals surface area contributed by atoms with Gasteiger partial charge in [0.2, 0.25) is 0 Å². The minimum Gasteiger partial charge on any atom is -0.208 e. The van der Waals surface area contributed by atoms with Crippen LogP contribution in [0.4, 0.5) is 0 Å². The summed E-state index contributed by atoms with van der Waals surface area (Å²) in [6.45, 7) is 0. The van der Waals surface area contributed by atoms with Gasteiger partial charge in [0, 0.05) is 42.4 Å². The van der Waals surface area contributed by atoms with Gasteiger partial charge in [0.1, 0.15) is 0 Å². The number of fused-ring (bicyclic) bond motifs is 8. The molecule has 10 aromatic rings. The van der Waals surface area contributed by atoms with Crippen LogP contribution in [0.3, 0.4) is 0 Å². The van der Waals surface area contributed by atoms with Gasteiger partial charge in [-0.05, 0) is 73.6 Å². The monoisotopic (exact) mass is 665 g/mol. The summed E-state index contributed by atoms with van der Waals surface area (Å²) in [5.74, 6) is 1.99. The highest BCUT2D eigenvalue weighted by Gasteiger charge is 2.28. The number of aromatic nitrogens is 3. The molecule has 2 aromatic heterocycles. The van der Waals surface area contributed by atoms with Crippen LogP contribution in [0.5, 0.6) is 0 Å². The van der Waals surface area contributed by atoms with Gasteiger partial charge in [0.15, 0.2) is 17.5 Å². The molecule has 1 aliphatic rings. The standard InChI is InChI=1S/C47H27N3S/c1-3-13-28(14-4-1)32-25-31-17-7-8-20-33(31)38(26-32)46-48-45(30-15-5-2-6-16-30)49-47(50-46)39-27-37-34-22-11-18-29-19-12-23-36(41(29)34)43(37)44-42(39)35-21-9-10-24-40(35)51-44/h1-27H. The lowest BCUT2D eigenvalue weighted by Crippen LogP contribution is -2.01. The number of benzene rings is 8. The molecule has 3 nitrogen and oxygen atoms in total. The lowest BCUT2D eigenvalue weighted by Gasteiger charge is -2.14. The molecular weight excluding hydrogens is 639 g/mol. The highest BCUT2D eigenvalue weighted by Crippen LogP contribution is 2.55. The first kappa shape index (κ1) is 28.4. The first-order valence-electron chi connectivity index (χ1n) is 17.2. The van der Waals surface area contributed by atoms with Crippen molar-refractivity contribution in [2.45, 2.75) is 0 Å². The van der Waals surface area contributed by atoms with Crippen LogP contribution in [0, 0.1) is 0 Å². The maximum atomic E-state index is 5.43. The molecule has 11 rings (SSSR count). The number of nitrogens with zero attached hydrogens (tertiary/aromatic N) is 3. The Morgan fingerprint density at radius 2 is 0.980 bits per heavy atom. The van der Waals surface area contributed by atoms with Gasteiger partial charge >= 0.3 is 0 Å². The Morgan fingerprint density at radius 3 is 1.78 bits per heavy atom. The molecule has 0 saturated carbocycles. The van der Waals surface area contributed by atoms with Gasteiger partial charge in [-0.2, -0.15) is 0 Å². The van der Waals surface area contributed by atoms with Crippen LogP contribution in [-0.2, 0) is 0 Å². The first-order chi connectivity index (χ1) is 25.3. The van der Waals surface area contributed by atoms with Crippen LogP contribution >= 0.6 is 11.3 Å². The number of thiophene rings is 1. The smallest absolute Gasteiger partial charge is 0.164 e. The van der Waals surface area contributed by atoms with Crippen molar-refractivity contribution in [3.63, 3.8) is 0 Å². The van der Waals surface area contributed by atoms with Crippen LogP contribution in [-0.4, -0.2) is 15.0 Å². The molecule has 0 N–H and O–H groups in total. The molecule has 0 saturated heterocycles. The zero-order chi connectivity index (χ0) is 33.5. The van der Waals surface area contributed by atoms with Crippen molar-refractivity contribution in [2.75, 3.05) is 0 Å². The third-order valence-corrected chi connectivity index (χ3v) is 11.4. The maximum Gasteiger partial charge on any atom is 0.164 e. The summed E-state index contributed by atoms with van der Waals surface area (Å²) in [6.07, 6.45) is 0. The quantitative estimate of drug-likeness (QED) is 0.188. The normalized spacial score (nSPS) is 11.9. The molecule has 0 spiro atoms. The largest absolute Gasteiger partial charge is 0.208 e. The molecule has 1 aliphatic carbocycles. The summed E-state index contributed by atoms with van der Waals surface area (Å²) >= 11 is 1.86. The van der Waals surface area contributed by atoms with E-state index in [9.17, 15) is 0 Å². The van der Waals surface area contributed by atoms with Gasteiger partial charge in [-0.1, -0.05) is 140 Å². The average Bonchev–Trinajstić information content (AvgIpc) is 3.75. The SMILES string of the molecule is c1ccc(-c2cc(-c3nc(-c4ccccc4)nc(-c4cc5c(c6sc7ccccc7c46)-c4cccc6cccc-5c46)n3)c3ccccc3c2)cc1. The number of rotatable bonds is 4. The number of hydrogen-bond acceptors (Lipinski definition) is 4. The topological polar surface area (TPSA) is 38.7 Å². The second-order valence-electron chi connectivity index (χ2n) is 13.1. The van der Waals surface area contributed by atoms with Crippen molar-refractivity contribution in [1.29, 1.82) is 0 Å². The summed E-state index contributed by atoms with van der Waals surface area (Å²) in [6, 6.07) is 58.2. The minimum atomic E-state index is 0.656. The molecule has 0 radical (unpaired) electrons. The molecule has 2 heterocycles. The van der Waals surface area contributed by atoms with Crippen LogP contribution in [0.15, 0.2) is 164 Å². The first-order valence-corrected chi connectivity index (χ1v) is 18.0. The summed E-state index contributed by atoms with van der Waals surface area (Å²) in [5.41, 5.74) is 10.3. The third-order valence-electron chi connectivity index (χ3n) is 10.2. The molecule has 0 fully saturated rings. The lowest BCUT2D eigenvalue weighted by molar-refractivity contribution is 1.08. The Labute approximate surface area is 298 Å². The van der Waals surface area contributed by atoms with Gasteiger partial charge < -0.3 is 0 Å². The van der Waals surface area contributed by atoms with E-state index in [4.69, 9.17) is 15.0 Å². The maximum absolute atomic E-state index is 5.43. The van der Waals surface area contributed by atoms with E-state index < -0.39 is 0 Å². The zero-order valence-corrected chi connectivity index (χ0v) is 28.2. The highest BCUT2D eigenvalue weighted by molar-refractivity contribution is 7.26. The Bertz CT molecular complexity index is 3010. The van der Waals surface area contributed by atoms with Gasteiger partial charge in [-0.15, -0.1) is 11.3 Å². The Hall–Kier alpha value is -6.49. The van der Waals surface area contributed by atoms with Gasteiger partial charge in [-0.3, -0.25) is 0 Å². The Balaban J connectivity index is 1.25. The van der Waals surface area contributed by atoms with E-state index in [1.165, 1.54) is 53.2 Å². The zero-order valence-electron chi connectivity index (χ0n) is 27.3. The van der Waals surface area contributed by atoms with E-state index in [0.29, 0.717) is 17.5 Å². The highest BCUT2D eigenvalue weighted by atomic mass is 32.1. The van der Waals surface area contributed by atoms with E-state index in [-0.39, 0.29) is 0 Å². The fourth-order valence-electron chi connectivity index (χ4n) is 7.96. The second kappa shape index (κ2) is 11.0. The molecule has 0 bridgehead atoms. The number of hydrogen-bond donors (Lipinski definition) is 0. The second-order valence-corrected chi connectivity index (χ2v) is 14.2. The summed E-state index contributed by atoms with van der Waals surface area (Å²) < 4.78 is 2.52. The van der Waals surface area contributed by atoms with Crippen molar-refractivity contribution in [3.05, 3.63) is 164 Å². The van der Waals surface area contributed by atoms with E-state index in [1.54, 1.807) is 0 Å². The van der Waals surface area contributed by atoms with Crippen molar-refractivity contribution >= 4 is 53.1 Å². The van der Waals surface area contributed by atoms with Gasteiger partial charge in [0.25, 0.3) is 0 Å². The van der Waals surface area contributed by atoms with E-state index in [1.807, 2.05) is 29.5 Å². The summed E-state index contributed by atoms with van der Waals surface area (Å²) in [4.78, 5) is 16.0. The fraction of sp³-hybridized carbons (Fsp3) is 0. The Kier molecular flexibility index (Phi) is 6.12. The molecule has 0 aliphatic heterocycles. The van der Waals surface area contributed by atoms with E-state index in [2.05, 4.69) is 146 Å². The predicted molar refractivity (Wildman–Crippen MR) is 214 cm³/mol. The van der Waals surface area contributed by atoms with Crippen LogP contribution < -0.4 is 0 Å². The Morgan fingerprint density at radius 1 is 0.353 bits per heavy atom. The molecule has 4 heteroatoms. The summed E-state index contributed by atoms with van der Waals surface area (Å²) in [5, 5.41) is 7.24. The fourth-order valence-corrected chi connectivity index (χ4v) is 9.25. The third kappa shape index (κ3) is 4.33. The van der Waals surface area contributed by atoms with Crippen LogP contribution in [0.1, 0.15) is 0 Å². The van der Waals surface area contributed by atoms with Crippen molar-refractivity contribution in [3.8, 4) is 67.5 Å². The molecule has 0 atom stereocenters. The van der Waals surface area contributed by atoms with Gasteiger partial charge in [-0.25, -0.2) is 15.0 Å². The van der Waals surface area contributed by atoms with Crippen molar-refractivity contribution < 1.29 is 0 Å². The molecular formula is C47H27N3S. The van der Waals surface area contributed by atoms with Crippen molar-refractivity contribution in [2.24, 2.45) is 0 Å². The summed E-state index contributed by atoms with van der Waals surface area (Å²) in [7, 11) is 0. The minimum absolute atomic E-state index is 0.656. The van der Waals surface area contributed by atoms with E-state index in [0.717, 1.165) is 38.6 Å². The van der Waals surface area contributed by atoms with Crippen LogP contribution in [0.25, 0.3) is 109 Å². The van der Waals surface area contributed by atoms with Crippen molar-refractivity contribution in [1.82, 2.24) is 15.0 Å². The molecule has 236 valence electrons. The van der Waals surface area contributed by atoms with E-state index >= 15 is 0 Å².